The van der Waals surface area contributed by atoms with Crippen LogP contribution in [0.5, 0.6) is 0 Å². The van der Waals surface area contributed by atoms with E-state index in [1.807, 2.05) is 30.3 Å². The van der Waals surface area contributed by atoms with Crippen molar-refractivity contribution in [1.29, 1.82) is 0 Å². The first-order valence-electron chi connectivity index (χ1n) is 10.6. The van der Waals surface area contributed by atoms with E-state index in [1.54, 1.807) is 0 Å². The van der Waals surface area contributed by atoms with Gasteiger partial charge in [-0.15, -0.1) is 0 Å². The molecule has 10 unspecified atom stereocenters. The molecule has 33 heavy (non-hydrogen) atoms. The summed E-state index contributed by atoms with van der Waals surface area (Å²) in [4.78, 5) is 11.6. The lowest BCUT2D eigenvalue weighted by Gasteiger charge is -2.44. The zero-order valence-electron chi connectivity index (χ0n) is 18.0. The molecule has 0 saturated carbocycles. The number of aliphatic hydroxyl groups is 6. The zero-order chi connectivity index (χ0) is 24.1. The Morgan fingerprint density at radius 1 is 0.879 bits per heavy atom. The molecule has 2 aliphatic heterocycles. The first-order chi connectivity index (χ1) is 15.7. The summed E-state index contributed by atoms with van der Waals surface area (Å²) in [5.41, 5.74) is 0.817. The molecule has 2 saturated heterocycles. The predicted octanol–water partition coefficient (Wildman–Crippen LogP) is -3.03. The van der Waals surface area contributed by atoms with E-state index in [4.69, 9.17) is 18.9 Å². The van der Waals surface area contributed by atoms with Gasteiger partial charge in [-0.25, -0.2) is 0 Å². The van der Waals surface area contributed by atoms with Gasteiger partial charge in [0.25, 0.3) is 0 Å². The van der Waals surface area contributed by atoms with Crippen LogP contribution < -0.4 is 5.32 Å². The van der Waals surface area contributed by atoms with Gasteiger partial charge in [-0.3, -0.25) is 4.79 Å². The van der Waals surface area contributed by atoms with E-state index in [-0.39, 0.29) is 6.61 Å². The highest BCUT2D eigenvalue weighted by atomic mass is 16.7. The molecule has 3 rings (SSSR count). The molecule has 1 amide bonds. The molecular formula is C21H31NO11. The average molecular weight is 473 g/mol. The third kappa shape index (κ3) is 6.25. The van der Waals surface area contributed by atoms with Gasteiger partial charge in [-0.1, -0.05) is 30.3 Å². The van der Waals surface area contributed by atoms with E-state index in [2.05, 4.69) is 5.32 Å². The molecular weight excluding hydrogens is 442 g/mol. The van der Waals surface area contributed by atoms with Gasteiger partial charge in [0.1, 0.15) is 48.8 Å². The summed E-state index contributed by atoms with van der Waals surface area (Å²) in [5, 5.41) is 62.8. The van der Waals surface area contributed by atoms with E-state index in [9.17, 15) is 35.4 Å². The fourth-order valence-electron chi connectivity index (χ4n) is 3.75. The SMILES string of the molecule is CC(=O)NC1C(OCc2ccccc2)OC(COC2OC(CO)C(O)C(O)C2O)C(O)C1O. The maximum Gasteiger partial charge on any atom is 0.217 e. The summed E-state index contributed by atoms with van der Waals surface area (Å²) in [6, 6.07) is 8.06. The number of ether oxygens (including phenoxy) is 4. The minimum absolute atomic E-state index is 0.102. The standard InChI is InChI=1S/C21H31NO11/c1-10(24)22-14-17(27)16(26)13(33-20(14)30-8-11-5-3-2-4-6-11)9-31-21-19(29)18(28)15(25)12(7-23)32-21/h2-6,12-21,23,25-29H,7-9H2,1H3,(H,22,24). The molecule has 0 bridgehead atoms. The molecule has 186 valence electrons. The quantitative estimate of drug-likeness (QED) is 0.203. The first-order valence-corrected chi connectivity index (χ1v) is 10.6. The first kappa shape index (κ1) is 25.9. The maximum atomic E-state index is 11.6. The molecule has 7 N–H and O–H groups in total. The fourth-order valence-corrected chi connectivity index (χ4v) is 3.75. The Kier molecular flexibility index (Phi) is 9.12. The number of nitrogens with one attached hydrogen (secondary N) is 1. The summed E-state index contributed by atoms with van der Waals surface area (Å²) in [5.74, 6) is -0.459. The van der Waals surface area contributed by atoms with E-state index >= 15 is 0 Å². The summed E-state index contributed by atoms with van der Waals surface area (Å²) >= 11 is 0. The van der Waals surface area contributed by atoms with Crippen molar-refractivity contribution in [2.75, 3.05) is 13.2 Å². The lowest BCUT2D eigenvalue weighted by atomic mass is 9.96. The normalized spacial score (nSPS) is 39.2. The van der Waals surface area contributed by atoms with Crippen LogP contribution in [-0.2, 0) is 30.3 Å². The Hall–Kier alpha value is -1.71. The molecule has 2 heterocycles. The maximum absolute atomic E-state index is 11.6. The van der Waals surface area contributed by atoms with Crippen LogP contribution in [0.15, 0.2) is 30.3 Å². The van der Waals surface area contributed by atoms with E-state index < -0.39 is 80.5 Å². The Morgan fingerprint density at radius 3 is 2.15 bits per heavy atom. The zero-order valence-corrected chi connectivity index (χ0v) is 18.0. The Labute approximate surface area is 190 Å². The molecule has 2 fully saturated rings. The van der Waals surface area contributed by atoms with Gasteiger partial charge >= 0.3 is 0 Å². The van der Waals surface area contributed by atoms with Crippen molar-refractivity contribution in [2.45, 2.75) is 74.9 Å². The van der Waals surface area contributed by atoms with Crippen molar-refractivity contribution in [1.82, 2.24) is 5.32 Å². The van der Waals surface area contributed by atoms with Crippen LogP contribution in [0.1, 0.15) is 12.5 Å². The molecule has 1 aromatic carbocycles. The molecule has 10 atom stereocenters. The van der Waals surface area contributed by atoms with Crippen LogP contribution >= 0.6 is 0 Å². The van der Waals surface area contributed by atoms with Gasteiger partial charge in [0.15, 0.2) is 12.6 Å². The number of rotatable bonds is 8. The topological polar surface area (TPSA) is 187 Å². The van der Waals surface area contributed by atoms with Gasteiger partial charge in [0.05, 0.1) is 19.8 Å². The fraction of sp³-hybridized carbons (Fsp3) is 0.667. The van der Waals surface area contributed by atoms with Gasteiger partial charge in [0.2, 0.25) is 5.91 Å². The largest absolute Gasteiger partial charge is 0.394 e. The van der Waals surface area contributed by atoms with Gasteiger partial charge in [0, 0.05) is 6.92 Å². The average Bonchev–Trinajstić information content (AvgIpc) is 2.81. The molecule has 0 aliphatic carbocycles. The van der Waals surface area contributed by atoms with Crippen molar-refractivity contribution in [2.24, 2.45) is 0 Å². The minimum atomic E-state index is -1.63. The highest BCUT2D eigenvalue weighted by Crippen LogP contribution is 2.26. The lowest BCUT2D eigenvalue weighted by molar-refractivity contribution is -0.322. The number of aliphatic hydroxyl groups excluding tert-OH is 6. The van der Waals surface area contributed by atoms with Crippen molar-refractivity contribution in [3.63, 3.8) is 0 Å². The summed E-state index contributed by atoms with van der Waals surface area (Å²) in [6.07, 6.45) is -12.7. The molecule has 0 aromatic heterocycles. The molecule has 2 aliphatic rings. The molecule has 1 aromatic rings. The van der Waals surface area contributed by atoms with Crippen molar-refractivity contribution in [3.05, 3.63) is 35.9 Å². The van der Waals surface area contributed by atoms with Crippen molar-refractivity contribution < 1.29 is 54.4 Å². The number of benzene rings is 1. The second-order valence-electron chi connectivity index (χ2n) is 8.08. The summed E-state index contributed by atoms with van der Waals surface area (Å²) < 4.78 is 22.2. The second kappa shape index (κ2) is 11.6. The monoisotopic (exact) mass is 473 g/mol. The van der Waals surface area contributed by atoms with E-state index in [0.717, 1.165) is 5.56 Å². The van der Waals surface area contributed by atoms with Crippen molar-refractivity contribution in [3.8, 4) is 0 Å². The third-order valence-electron chi connectivity index (χ3n) is 5.60. The van der Waals surface area contributed by atoms with Crippen LogP contribution in [0.3, 0.4) is 0 Å². The smallest absolute Gasteiger partial charge is 0.217 e. The van der Waals surface area contributed by atoms with Crippen LogP contribution in [0, 0.1) is 0 Å². The highest BCUT2D eigenvalue weighted by Gasteiger charge is 2.48. The Balaban J connectivity index is 1.66. The summed E-state index contributed by atoms with van der Waals surface area (Å²) in [6.45, 7) is 0.325. The predicted molar refractivity (Wildman–Crippen MR) is 109 cm³/mol. The van der Waals surface area contributed by atoms with E-state index in [1.165, 1.54) is 6.92 Å². The van der Waals surface area contributed by atoms with Crippen LogP contribution in [0.4, 0.5) is 0 Å². The molecule has 12 nitrogen and oxygen atoms in total. The van der Waals surface area contributed by atoms with Crippen LogP contribution in [0.2, 0.25) is 0 Å². The lowest BCUT2D eigenvalue weighted by Crippen LogP contribution is -2.65. The third-order valence-corrected chi connectivity index (χ3v) is 5.60. The number of carbonyl (C=O) groups is 1. The van der Waals surface area contributed by atoms with Gasteiger partial charge in [-0.05, 0) is 5.56 Å². The Bertz CT molecular complexity index is 751. The van der Waals surface area contributed by atoms with Crippen LogP contribution in [-0.4, -0.2) is 111 Å². The number of amides is 1. The van der Waals surface area contributed by atoms with Gasteiger partial charge < -0.3 is 54.9 Å². The highest BCUT2D eigenvalue weighted by molar-refractivity contribution is 5.73. The molecule has 12 heteroatoms. The van der Waals surface area contributed by atoms with Crippen molar-refractivity contribution >= 4 is 5.91 Å². The minimum Gasteiger partial charge on any atom is -0.394 e. The van der Waals surface area contributed by atoms with E-state index in [0.29, 0.717) is 0 Å². The van der Waals surface area contributed by atoms with Gasteiger partial charge in [-0.2, -0.15) is 0 Å². The number of hydrogen-bond donors (Lipinski definition) is 7. The molecule has 0 radical (unpaired) electrons. The number of hydrogen-bond acceptors (Lipinski definition) is 11. The number of carbonyl (C=O) groups excluding carboxylic acids is 1. The van der Waals surface area contributed by atoms with Crippen LogP contribution in [0.25, 0.3) is 0 Å². The molecule has 0 spiro atoms. The Morgan fingerprint density at radius 2 is 1.52 bits per heavy atom. The second-order valence-corrected chi connectivity index (χ2v) is 8.08. The summed E-state index contributed by atoms with van der Waals surface area (Å²) in [7, 11) is 0.